The second-order valence-electron chi connectivity index (χ2n) is 5.40. The third-order valence-corrected chi connectivity index (χ3v) is 3.37. The lowest BCUT2D eigenvalue weighted by Gasteiger charge is -2.38. The van der Waals surface area contributed by atoms with E-state index in [-0.39, 0.29) is 6.42 Å². The summed E-state index contributed by atoms with van der Waals surface area (Å²) in [4.78, 5) is 12.8. The quantitative estimate of drug-likeness (QED) is 0.854. The van der Waals surface area contributed by atoms with Crippen LogP contribution in [0.5, 0.6) is 5.75 Å². The number of hydrogen-bond donors (Lipinski definition) is 1. The fourth-order valence-electron chi connectivity index (χ4n) is 2.54. The van der Waals surface area contributed by atoms with Gasteiger partial charge in [-0.2, -0.15) is 0 Å². The molecule has 19 heavy (non-hydrogen) atoms. The van der Waals surface area contributed by atoms with Crippen molar-refractivity contribution >= 4 is 5.97 Å². The number of hydrogen-bond acceptors (Lipinski definition) is 3. The minimum absolute atomic E-state index is 0.286. The molecule has 0 amide bonds. The first kappa shape index (κ1) is 13.9. The van der Waals surface area contributed by atoms with Crippen molar-refractivity contribution in [2.24, 2.45) is 5.92 Å². The Balaban J connectivity index is 1.66. The molecule has 1 saturated heterocycles. The molecule has 4 nitrogen and oxygen atoms in total. The molecule has 1 aromatic carbocycles. The van der Waals surface area contributed by atoms with E-state index in [4.69, 9.17) is 9.84 Å². The van der Waals surface area contributed by atoms with Gasteiger partial charge in [0.2, 0.25) is 0 Å². The molecule has 0 aromatic heterocycles. The van der Waals surface area contributed by atoms with Gasteiger partial charge < -0.3 is 9.84 Å². The molecule has 1 aliphatic rings. The van der Waals surface area contributed by atoms with Gasteiger partial charge in [0.05, 0.1) is 6.42 Å². The highest BCUT2D eigenvalue weighted by molar-refractivity contribution is 5.67. The molecule has 0 unspecified atom stereocenters. The van der Waals surface area contributed by atoms with E-state index in [1.807, 2.05) is 12.1 Å². The smallest absolute Gasteiger partial charge is 0.303 e. The Bertz CT molecular complexity index is 432. The lowest BCUT2D eigenvalue weighted by molar-refractivity contribution is -0.139. The predicted octanol–water partition coefficient (Wildman–Crippen LogP) is 2.09. The van der Waals surface area contributed by atoms with E-state index in [1.165, 1.54) is 11.1 Å². The normalized spacial score (nSPS) is 16.1. The Morgan fingerprint density at radius 2 is 1.95 bits per heavy atom. The Labute approximate surface area is 114 Å². The molecule has 1 N–H and O–H groups in total. The summed E-state index contributed by atoms with van der Waals surface area (Å²) in [5.41, 5.74) is 2.42. The largest absolute Gasteiger partial charge is 0.492 e. The van der Waals surface area contributed by atoms with Crippen LogP contribution in [0, 0.1) is 19.8 Å². The maximum Gasteiger partial charge on any atom is 0.303 e. The molecule has 2 rings (SSSR count). The minimum atomic E-state index is -0.698. The van der Waals surface area contributed by atoms with E-state index in [0.29, 0.717) is 12.5 Å². The van der Waals surface area contributed by atoms with Gasteiger partial charge >= 0.3 is 5.97 Å². The molecule has 0 radical (unpaired) electrons. The second kappa shape index (κ2) is 6.06. The molecule has 0 atom stereocenters. The molecule has 0 aliphatic carbocycles. The van der Waals surface area contributed by atoms with Crippen molar-refractivity contribution in [1.82, 2.24) is 4.90 Å². The van der Waals surface area contributed by atoms with Crippen LogP contribution >= 0.6 is 0 Å². The van der Waals surface area contributed by atoms with Crippen LogP contribution < -0.4 is 4.74 Å². The van der Waals surface area contributed by atoms with Crippen LogP contribution in [-0.4, -0.2) is 42.2 Å². The molecule has 0 bridgehead atoms. The number of carbonyl (C=O) groups is 1. The van der Waals surface area contributed by atoms with Gasteiger partial charge in [-0.25, -0.2) is 0 Å². The van der Waals surface area contributed by atoms with Crippen molar-refractivity contribution in [1.29, 1.82) is 0 Å². The first-order chi connectivity index (χ1) is 9.02. The van der Waals surface area contributed by atoms with Crippen LogP contribution in [0.1, 0.15) is 17.5 Å². The van der Waals surface area contributed by atoms with E-state index in [1.54, 1.807) is 0 Å². The van der Waals surface area contributed by atoms with Crippen molar-refractivity contribution in [3.05, 3.63) is 29.3 Å². The van der Waals surface area contributed by atoms with Crippen LogP contribution in [-0.2, 0) is 4.79 Å². The summed E-state index contributed by atoms with van der Waals surface area (Å²) in [6, 6.07) is 6.20. The van der Waals surface area contributed by atoms with Gasteiger partial charge in [0.1, 0.15) is 12.4 Å². The summed E-state index contributed by atoms with van der Waals surface area (Å²) in [5.74, 6) is 0.537. The lowest BCUT2D eigenvalue weighted by Crippen LogP contribution is -2.48. The van der Waals surface area contributed by atoms with E-state index in [9.17, 15) is 4.79 Å². The maximum absolute atomic E-state index is 10.5. The first-order valence-electron chi connectivity index (χ1n) is 6.68. The lowest BCUT2D eigenvalue weighted by atomic mass is 9.97. The van der Waals surface area contributed by atoms with E-state index in [0.717, 1.165) is 25.4 Å². The predicted molar refractivity (Wildman–Crippen MR) is 73.6 cm³/mol. The van der Waals surface area contributed by atoms with Gasteiger partial charge in [0, 0.05) is 19.6 Å². The average Bonchev–Trinajstić information content (AvgIpc) is 2.23. The van der Waals surface area contributed by atoms with Gasteiger partial charge in [-0.05, 0) is 43.0 Å². The maximum atomic E-state index is 10.5. The van der Waals surface area contributed by atoms with Crippen molar-refractivity contribution in [3.63, 3.8) is 0 Å². The van der Waals surface area contributed by atoms with Crippen LogP contribution in [0.3, 0.4) is 0 Å². The molecule has 0 saturated carbocycles. The molecule has 0 spiro atoms. The Hall–Kier alpha value is -1.55. The molecule has 1 heterocycles. The van der Waals surface area contributed by atoms with Crippen molar-refractivity contribution in [3.8, 4) is 5.75 Å². The van der Waals surface area contributed by atoms with Crippen LogP contribution in [0.25, 0.3) is 0 Å². The summed E-state index contributed by atoms with van der Waals surface area (Å²) < 4.78 is 5.73. The Kier molecular flexibility index (Phi) is 4.43. The van der Waals surface area contributed by atoms with E-state index < -0.39 is 5.97 Å². The van der Waals surface area contributed by atoms with Gasteiger partial charge in [-0.3, -0.25) is 9.69 Å². The van der Waals surface area contributed by atoms with E-state index in [2.05, 4.69) is 24.8 Å². The number of rotatable bonds is 6. The van der Waals surface area contributed by atoms with Gasteiger partial charge in [-0.1, -0.05) is 6.07 Å². The minimum Gasteiger partial charge on any atom is -0.492 e. The number of benzene rings is 1. The summed E-state index contributed by atoms with van der Waals surface area (Å²) in [5, 5.41) is 8.67. The highest BCUT2D eigenvalue weighted by Gasteiger charge is 2.27. The molecular formula is C15H21NO3. The number of carboxylic acid groups (broad SMARTS) is 1. The monoisotopic (exact) mass is 263 g/mol. The van der Waals surface area contributed by atoms with Gasteiger partial charge in [0.25, 0.3) is 0 Å². The van der Waals surface area contributed by atoms with Crippen LogP contribution in [0.4, 0.5) is 0 Å². The fourth-order valence-corrected chi connectivity index (χ4v) is 2.54. The zero-order valence-electron chi connectivity index (χ0n) is 11.6. The van der Waals surface area contributed by atoms with Crippen molar-refractivity contribution < 1.29 is 14.6 Å². The number of likely N-dealkylation sites (tertiary alicyclic amines) is 1. The standard InChI is InChI=1S/C15H21NO3/c1-11-5-12(2)7-14(6-11)19-4-3-16-9-13(10-16)8-15(17)18/h5-7,13H,3-4,8-10H2,1-2H3,(H,17,18). The number of ether oxygens (including phenoxy) is 1. The molecule has 1 aliphatic heterocycles. The summed E-state index contributed by atoms with van der Waals surface area (Å²) in [6.07, 6.45) is 0.286. The topological polar surface area (TPSA) is 49.8 Å². The zero-order chi connectivity index (χ0) is 13.8. The number of nitrogens with zero attached hydrogens (tertiary/aromatic N) is 1. The first-order valence-corrected chi connectivity index (χ1v) is 6.68. The zero-order valence-corrected chi connectivity index (χ0v) is 11.6. The summed E-state index contributed by atoms with van der Waals surface area (Å²) in [6.45, 7) is 7.40. The molecule has 1 fully saturated rings. The highest BCUT2D eigenvalue weighted by Crippen LogP contribution is 2.19. The Morgan fingerprint density at radius 3 is 2.53 bits per heavy atom. The number of aliphatic carboxylic acids is 1. The summed E-state index contributed by atoms with van der Waals surface area (Å²) in [7, 11) is 0. The van der Waals surface area contributed by atoms with Gasteiger partial charge in [0.15, 0.2) is 0 Å². The fraction of sp³-hybridized carbons (Fsp3) is 0.533. The second-order valence-corrected chi connectivity index (χ2v) is 5.40. The summed E-state index contributed by atoms with van der Waals surface area (Å²) >= 11 is 0. The van der Waals surface area contributed by atoms with Crippen molar-refractivity contribution in [2.75, 3.05) is 26.2 Å². The molecule has 104 valence electrons. The van der Waals surface area contributed by atoms with Crippen molar-refractivity contribution in [2.45, 2.75) is 20.3 Å². The highest BCUT2D eigenvalue weighted by atomic mass is 16.5. The van der Waals surface area contributed by atoms with Crippen LogP contribution in [0.15, 0.2) is 18.2 Å². The third-order valence-electron chi connectivity index (χ3n) is 3.37. The number of carboxylic acids is 1. The number of aryl methyl sites for hydroxylation is 2. The SMILES string of the molecule is Cc1cc(C)cc(OCCN2CC(CC(=O)O)C2)c1. The third kappa shape index (κ3) is 4.24. The molecule has 4 heteroatoms. The molecule has 1 aromatic rings. The Morgan fingerprint density at radius 1 is 1.32 bits per heavy atom. The van der Waals surface area contributed by atoms with Crippen LogP contribution in [0.2, 0.25) is 0 Å². The molecular weight excluding hydrogens is 242 g/mol. The van der Waals surface area contributed by atoms with E-state index >= 15 is 0 Å². The average molecular weight is 263 g/mol. The van der Waals surface area contributed by atoms with Gasteiger partial charge in [-0.15, -0.1) is 0 Å².